The summed E-state index contributed by atoms with van der Waals surface area (Å²) >= 11 is 0. The predicted molar refractivity (Wildman–Crippen MR) is 92.7 cm³/mol. The Hall–Kier alpha value is -3.69. The highest BCUT2D eigenvalue weighted by Gasteiger charge is 2.35. The molecule has 3 aromatic rings. The van der Waals surface area contributed by atoms with Crippen LogP contribution in [-0.4, -0.2) is 20.5 Å². The van der Waals surface area contributed by atoms with E-state index in [1.54, 1.807) is 30.3 Å². The third kappa shape index (κ3) is 3.31. The molecule has 0 spiro atoms. The van der Waals surface area contributed by atoms with E-state index < -0.39 is 39.3 Å². The van der Waals surface area contributed by atoms with Gasteiger partial charge < -0.3 is 0 Å². The lowest BCUT2D eigenvalue weighted by Crippen LogP contribution is -2.21. The number of hydrogen-bond donors (Lipinski definition) is 1. The average Bonchev–Trinajstić information content (AvgIpc) is 2.95. The second-order valence-electron chi connectivity index (χ2n) is 5.90. The predicted octanol–water partition coefficient (Wildman–Crippen LogP) is 3.63. The van der Waals surface area contributed by atoms with Gasteiger partial charge in [0.1, 0.15) is 11.1 Å². The molecule has 0 bridgehead atoms. The number of alkyl halides is 3. The first kappa shape index (κ1) is 19.1. The molecule has 2 aromatic carbocycles. The van der Waals surface area contributed by atoms with Crippen LogP contribution < -0.4 is 5.56 Å². The Kier molecular flexibility index (Phi) is 4.63. The van der Waals surface area contributed by atoms with E-state index in [9.17, 15) is 32.9 Å². The van der Waals surface area contributed by atoms with Crippen molar-refractivity contribution in [3.05, 3.63) is 91.4 Å². The van der Waals surface area contributed by atoms with E-state index in [-0.39, 0.29) is 17.3 Å². The fraction of sp³-hybridized carbons (Fsp3) is 0.111. The van der Waals surface area contributed by atoms with Crippen LogP contribution in [-0.2, 0) is 6.18 Å². The molecule has 28 heavy (non-hydrogen) atoms. The molecule has 0 atom stereocenters. The summed E-state index contributed by atoms with van der Waals surface area (Å²) < 4.78 is 39.6. The maximum atomic E-state index is 12.8. The first-order valence-corrected chi connectivity index (χ1v) is 7.88. The highest BCUT2D eigenvalue weighted by molar-refractivity contribution is 6.12. The number of para-hydroxylation sites is 1. The molecule has 1 aromatic heterocycles. The number of nitro benzene ring substituents is 1. The van der Waals surface area contributed by atoms with Crippen molar-refractivity contribution in [1.29, 1.82) is 0 Å². The number of nitro groups is 1. The Labute approximate surface area is 155 Å². The van der Waals surface area contributed by atoms with Gasteiger partial charge in [0.05, 0.1) is 16.2 Å². The number of aromatic nitrogens is 2. The smallest absolute Gasteiger partial charge is 0.295 e. The van der Waals surface area contributed by atoms with Gasteiger partial charge in [-0.25, -0.2) is 4.68 Å². The number of benzene rings is 2. The minimum atomic E-state index is -4.81. The van der Waals surface area contributed by atoms with E-state index in [1.165, 1.54) is 6.92 Å². The van der Waals surface area contributed by atoms with E-state index in [2.05, 4.69) is 5.10 Å². The van der Waals surface area contributed by atoms with Crippen LogP contribution >= 0.6 is 0 Å². The van der Waals surface area contributed by atoms with Crippen LogP contribution in [0.3, 0.4) is 0 Å². The number of carbonyl (C=O) groups is 1. The largest absolute Gasteiger partial charge is 0.416 e. The quantitative estimate of drug-likeness (QED) is 0.417. The van der Waals surface area contributed by atoms with E-state index in [0.29, 0.717) is 17.8 Å². The van der Waals surface area contributed by atoms with Gasteiger partial charge in [-0.05, 0) is 31.2 Å². The molecule has 0 aliphatic heterocycles. The van der Waals surface area contributed by atoms with Gasteiger partial charge in [-0.1, -0.05) is 18.2 Å². The van der Waals surface area contributed by atoms with Crippen molar-refractivity contribution >= 4 is 11.5 Å². The number of rotatable bonds is 4. The maximum Gasteiger partial charge on any atom is 0.416 e. The third-order valence-electron chi connectivity index (χ3n) is 4.08. The van der Waals surface area contributed by atoms with Crippen LogP contribution in [0.4, 0.5) is 18.9 Å². The zero-order valence-corrected chi connectivity index (χ0v) is 14.3. The number of ketones is 1. The van der Waals surface area contributed by atoms with Gasteiger partial charge in [0.25, 0.3) is 11.2 Å². The second-order valence-corrected chi connectivity index (χ2v) is 5.90. The van der Waals surface area contributed by atoms with Crippen LogP contribution in [0.15, 0.2) is 53.3 Å². The van der Waals surface area contributed by atoms with Gasteiger partial charge in [-0.3, -0.25) is 24.8 Å². The molecular formula is C18H12F3N3O4. The number of nitrogens with one attached hydrogen (secondary N) is 1. The molecule has 0 aliphatic rings. The second kappa shape index (κ2) is 6.80. The molecule has 10 heteroatoms. The Bertz CT molecular complexity index is 1130. The number of H-pyrrole nitrogens is 1. The van der Waals surface area contributed by atoms with E-state index in [4.69, 9.17) is 0 Å². The standard InChI is InChI=1S/C18H12F3N3O4/c1-10-15(17(26)23(22-10)12-5-3-2-4-6-12)16(25)13-8-7-11(18(19,20)21)9-14(13)24(27)28/h2-9,22H,1H3. The van der Waals surface area contributed by atoms with E-state index in [0.717, 1.165) is 4.68 Å². The van der Waals surface area contributed by atoms with Crippen molar-refractivity contribution in [3.63, 3.8) is 0 Å². The Balaban J connectivity index is 2.15. The molecule has 1 N–H and O–H groups in total. The lowest BCUT2D eigenvalue weighted by atomic mass is 10.00. The van der Waals surface area contributed by atoms with Gasteiger partial charge in [0, 0.05) is 11.8 Å². The van der Waals surface area contributed by atoms with Gasteiger partial charge in [-0.15, -0.1) is 0 Å². The molecule has 0 saturated heterocycles. The minimum Gasteiger partial charge on any atom is -0.295 e. The molecule has 0 saturated carbocycles. The van der Waals surface area contributed by atoms with Crippen molar-refractivity contribution in [2.24, 2.45) is 0 Å². The summed E-state index contributed by atoms with van der Waals surface area (Å²) in [5, 5.41) is 13.9. The summed E-state index contributed by atoms with van der Waals surface area (Å²) in [6.45, 7) is 1.42. The Morgan fingerprint density at radius 2 is 1.79 bits per heavy atom. The van der Waals surface area contributed by atoms with E-state index in [1.807, 2.05) is 0 Å². The van der Waals surface area contributed by atoms with Crippen LogP contribution in [0, 0.1) is 17.0 Å². The third-order valence-corrected chi connectivity index (χ3v) is 4.08. The SMILES string of the molecule is Cc1[nH]n(-c2ccccc2)c(=O)c1C(=O)c1ccc(C(F)(F)F)cc1[N+](=O)[O-]. The number of carbonyl (C=O) groups excluding carboxylic acids is 1. The van der Waals surface area contributed by atoms with Crippen LogP contribution in [0.2, 0.25) is 0 Å². The fourth-order valence-electron chi connectivity index (χ4n) is 2.76. The summed E-state index contributed by atoms with van der Waals surface area (Å²) in [4.78, 5) is 35.6. The average molecular weight is 391 g/mol. The van der Waals surface area contributed by atoms with Crippen molar-refractivity contribution in [2.75, 3.05) is 0 Å². The topological polar surface area (TPSA) is 98.0 Å². The molecule has 0 unspecified atom stereocenters. The first-order chi connectivity index (χ1) is 13.1. The minimum absolute atomic E-state index is 0.132. The van der Waals surface area contributed by atoms with Crippen molar-refractivity contribution in [2.45, 2.75) is 13.1 Å². The number of nitrogens with zero attached hydrogens (tertiary/aromatic N) is 2. The van der Waals surface area contributed by atoms with Crippen molar-refractivity contribution < 1.29 is 22.9 Å². The summed E-state index contributed by atoms with van der Waals surface area (Å²) in [6.07, 6.45) is -4.81. The lowest BCUT2D eigenvalue weighted by Gasteiger charge is -2.08. The molecule has 3 rings (SSSR count). The fourth-order valence-corrected chi connectivity index (χ4v) is 2.76. The van der Waals surface area contributed by atoms with Crippen LogP contribution in [0.1, 0.15) is 27.2 Å². The molecule has 7 nitrogen and oxygen atoms in total. The first-order valence-electron chi connectivity index (χ1n) is 7.88. The number of hydrogen-bond acceptors (Lipinski definition) is 4. The maximum absolute atomic E-state index is 12.8. The van der Waals surface area contributed by atoms with Gasteiger partial charge >= 0.3 is 6.18 Å². The lowest BCUT2D eigenvalue weighted by molar-refractivity contribution is -0.385. The monoisotopic (exact) mass is 391 g/mol. The molecule has 1 heterocycles. The Morgan fingerprint density at radius 3 is 2.36 bits per heavy atom. The number of aryl methyl sites for hydroxylation is 1. The van der Waals surface area contributed by atoms with E-state index >= 15 is 0 Å². The van der Waals surface area contributed by atoms with Crippen molar-refractivity contribution in [3.8, 4) is 5.69 Å². The summed E-state index contributed by atoms with van der Waals surface area (Å²) in [5.41, 5.74) is -3.47. The molecule has 0 radical (unpaired) electrons. The highest BCUT2D eigenvalue weighted by atomic mass is 19.4. The van der Waals surface area contributed by atoms with Gasteiger partial charge in [0.2, 0.25) is 5.78 Å². The van der Waals surface area contributed by atoms with Crippen LogP contribution in [0.5, 0.6) is 0 Å². The number of halogens is 3. The number of aromatic amines is 1. The summed E-state index contributed by atoms with van der Waals surface area (Å²) in [7, 11) is 0. The molecule has 0 fully saturated rings. The summed E-state index contributed by atoms with van der Waals surface area (Å²) in [5.74, 6) is -1.03. The normalized spacial score (nSPS) is 11.4. The summed E-state index contributed by atoms with van der Waals surface area (Å²) in [6, 6.07) is 9.82. The van der Waals surface area contributed by atoms with Gasteiger partial charge in [0.15, 0.2) is 0 Å². The molecule has 0 aliphatic carbocycles. The molecule has 144 valence electrons. The van der Waals surface area contributed by atoms with Crippen LogP contribution in [0.25, 0.3) is 5.69 Å². The zero-order valence-electron chi connectivity index (χ0n) is 14.3. The van der Waals surface area contributed by atoms with Crippen molar-refractivity contribution in [1.82, 2.24) is 9.78 Å². The zero-order chi connectivity index (χ0) is 20.6. The van der Waals surface area contributed by atoms with Gasteiger partial charge in [-0.2, -0.15) is 13.2 Å². The molecule has 0 amide bonds. The highest BCUT2D eigenvalue weighted by Crippen LogP contribution is 2.33. The molecular weight excluding hydrogens is 379 g/mol. The Morgan fingerprint density at radius 1 is 1.14 bits per heavy atom.